The van der Waals surface area contributed by atoms with E-state index in [0.29, 0.717) is 6.42 Å². The van der Waals surface area contributed by atoms with Gasteiger partial charge in [-0.3, -0.25) is 4.79 Å². The molecular formula is C11H12F2O2S. The minimum atomic E-state index is -0.915. The molecule has 88 valence electrons. The summed E-state index contributed by atoms with van der Waals surface area (Å²) in [5.41, 5.74) is 0. The molecule has 1 aromatic carbocycles. The zero-order valence-electron chi connectivity index (χ0n) is 8.74. The Bertz CT molecular complexity index is 382. The molecule has 0 amide bonds. The van der Waals surface area contributed by atoms with Crippen LogP contribution in [0.3, 0.4) is 0 Å². The number of hydrogen-bond donors (Lipinski definition) is 1. The summed E-state index contributed by atoms with van der Waals surface area (Å²) in [6.07, 6.45) is 0.589. The van der Waals surface area contributed by atoms with Crippen LogP contribution in [0.15, 0.2) is 23.1 Å². The van der Waals surface area contributed by atoms with Crippen molar-refractivity contribution < 1.29 is 18.7 Å². The molecule has 1 atom stereocenters. The average molecular weight is 246 g/mol. The zero-order valence-corrected chi connectivity index (χ0v) is 9.56. The summed E-state index contributed by atoms with van der Waals surface area (Å²) in [5, 5.41) is 8.44. The number of aliphatic carboxylic acids is 1. The molecule has 2 nitrogen and oxygen atoms in total. The minimum absolute atomic E-state index is 0.0298. The first-order valence-electron chi connectivity index (χ1n) is 4.86. The Morgan fingerprint density at radius 3 is 2.69 bits per heavy atom. The van der Waals surface area contributed by atoms with Crippen LogP contribution in [-0.2, 0) is 4.79 Å². The van der Waals surface area contributed by atoms with Gasteiger partial charge in [-0.1, -0.05) is 6.92 Å². The fourth-order valence-electron chi connectivity index (χ4n) is 1.21. The van der Waals surface area contributed by atoms with Gasteiger partial charge in [-0.15, -0.1) is 11.8 Å². The molecule has 0 aliphatic rings. The second kappa shape index (κ2) is 5.84. The van der Waals surface area contributed by atoms with Gasteiger partial charge in [0.25, 0.3) is 0 Å². The molecular weight excluding hydrogens is 234 g/mol. The van der Waals surface area contributed by atoms with E-state index in [1.807, 2.05) is 6.92 Å². The topological polar surface area (TPSA) is 37.3 Å². The lowest BCUT2D eigenvalue weighted by Gasteiger charge is -2.12. The van der Waals surface area contributed by atoms with Gasteiger partial charge in [-0.2, -0.15) is 0 Å². The van der Waals surface area contributed by atoms with Gasteiger partial charge in [-0.25, -0.2) is 8.78 Å². The summed E-state index contributed by atoms with van der Waals surface area (Å²) in [6.45, 7) is 1.84. The number of benzene rings is 1. The molecule has 1 aromatic rings. The lowest BCUT2D eigenvalue weighted by molar-refractivity contribution is -0.136. The predicted octanol–water partition coefficient (Wildman–Crippen LogP) is 3.31. The highest BCUT2D eigenvalue weighted by molar-refractivity contribution is 8.00. The summed E-state index contributed by atoms with van der Waals surface area (Å²) in [6, 6.07) is 3.30. The third kappa shape index (κ3) is 3.81. The fraction of sp³-hybridized carbons (Fsp3) is 0.364. The van der Waals surface area contributed by atoms with Gasteiger partial charge in [-0.05, 0) is 18.6 Å². The van der Waals surface area contributed by atoms with Crippen molar-refractivity contribution in [3.63, 3.8) is 0 Å². The van der Waals surface area contributed by atoms with E-state index in [9.17, 15) is 13.6 Å². The number of halogens is 2. The van der Waals surface area contributed by atoms with Crippen molar-refractivity contribution in [1.29, 1.82) is 0 Å². The summed E-state index contributed by atoms with van der Waals surface area (Å²) >= 11 is 1.13. The van der Waals surface area contributed by atoms with E-state index in [4.69, 9.17) is 5.11 Å². The van der Waals surface area contributed by atoms with Gasteiger partial charge >= 0.3 is 5.97 Å². The van der Waals surface area contributed by atoms with Crippen molar-refractivity contribution >= 4 is 17.7 Å². The molecule has 16 heavy (non-hydrogen) atoms. The van der Waals surface area contributed by atoms with Crippen LogP contribution in [0.5, 0.6) is 0 Å². The number of carboxylic acids is 1. The van der Waals surface area contributed by atoms with Crippen LogP contribution in [0.25, 0.3) is 0 Å². The number of carbonyl (C=O) groups is 1. The molecule has 0 aromatic heterocycles. The first-order chi connectivity index (χ1) is 7.52. The second-order valence-electron chi connectivity index (χ2n) is 3.32. The van der Waals surface area contributed by atoms with Crippen molar-refractivity contribution in [3.05, 3.63) is 29.8 Å². The Labute approximate surface area is 96.7 Å². The first-order valence-corrected chi connectivity index (χ1v) is 5.74. The van der Waals surface area contributed by atoms with Crippen molar-refractivity contribution in [1.82, 2.24) is 0 Å². The Morgan fingerprint density at radius 2 is 2.19 bits per heavy atom. The van der Waals surface area contributed by atoms with E-state index in [-0.39, 0.29) is 16.6 Å². The van der Waals surface area contributed by atoms with Gasteiger partial charge in [0, 0.05) is 16.2 Å². The third-order valence-corrected chi connectivity index (χ3v) is 3.46. The van der Waals surface area contributed by atoms with Gasteiger partial charge < -0.3 is 5.11 Å². The summed E-state index contributed by atoms with van der Waals surface area (Å²) in [5.74, 6) is -2.19. The van der Waals surface area contributed by atoms with Crippen LogP contribution in [0.1, 0.15) is 19.8 Å². The molecule has 0 heterocycles. The normalized spacial score (nSPS) is 12.4. The molecule has 0 bridgehead atoms. The average Bonchev–Trinajstić information content (AvgIpc) is 2.20. The largest absolute Gasteiger partial charge is 0.481 e. The van der Waals surface area contributed by atoms with Crippen LogP contribution in [0.4, 0.5) is 8.78 Å². The van der Waals surface area contributed by atoms with Crippen LogP contribution in [0, 0.1) is 11.6 Å². The third-order valence-electron chi connectivity index (χ3n) is 2.05. The molecule has 0 aliphatic heterocycles. The molecule has 0 aliphatic carbocycles. The summed E-state index contributed by atoms with van der Waals surface area (Å²) in [7, 11) is 0. The highest BCUT2D eigenvalue weighted by Crippen LogP contribution is 2.29. The molecule has 0 saturated carbocycles. The second-order valence-corrected chi connectivity index (χ2v) is 4.66. The van der Waals surface area contributed by atoms with Crippen molar-refractivity contribution in [2.75, 3.05) is 0 Å². The maximum atomic E-state index is 13.3. The van der Waals surface area contributed by atoms with Crippen LogP contribution < -0.4 is 0 Å². The first kappa shape index (κ1) is 13.0. The Balaban J connectivity index is 2.73. The van der Waals surface area contributed by atoms with Gasteiger partial charge in [0.1, 0.15) is 11.6 Å². The van der Waals surface area contributed by atoms with E-state index >= 15 is 0 Å². The molecule has 0 spiro atoms. The van der Waals surface area contributed by atoms with E-state index < -0.39 is 17.6 Å². The molecule has 1 rings (SSSR count). The molecule has 0 saturated heterocycles. The number of hydrogen-bond acceptors (Lipinski definition) is 2. The molecule has 5 heteroatoms. The molecule has 0 radical (unpaired) electrons. The van der Waals surface area contributed by atoms with Crippen molar-refractivity contribution in [2.24, 2.45) is 0 Å². The lowest BCUT2D eigenvalue weighted by Crippen LogP contribution is -2.08. The molecule has 1 unspecified atom stereocenters. The Morgan fingerprint density at radius 1 is 1.50 bits per heavy atom. The zero-order chi connectivity index (χ0) is 12.1. The van der Waals surface area contributed by atoms with Gasteiger partial charge in [0.2, 0.25) is 0 Å². The lowest BCUT2D eigenvalue weighted by atomic mass is 10.2. The van der Waals surface area contributed by atoms with E-state index in [2.05, 4.69) is 0 Å². The van der Waals surface area contributed by atoms with Gasteiger partial charge in [0.05, 0.1) is 6.42 Å². The van der Waals surface area contributed by atoms with Crippen molar-refractivity contribution in [2.45, 2.75) is 29.9 Å². The Hall–Kier alpha value is -1.10. The fourth-order valence-corrected chi connectivity index (χ4v) is 2.28. The molecule has 1 N–H and O–H groups in total. The van der Waals surface area contributed by atoms with Crippen LogP contribution in [-0.4, -0.2) is 16.3 Å². The molecule has 0 fully saturated rings. The highest BCUT2D eigenvalue weighted by Gasteiger charge is 2.15. The van der Waals surface area contributed by atoms with E-state index in [0.717, 1.165) is 17.8 Å². The quantitative estimate of drug-likeness (QED) is 0.810. The van der Waals surface area contributed by atoms with Crippen LogP contribution >= 0.6 is 11.8 Å². The van der Waals surface area contributed by atoms with Crippen molar-refractivity contribution in [3.8, 4) is 0 Å². The number of thioether (sulfide) groups is 1. The number of carboxylic acid groups (broad SMARTS) is 1. The summed E-state index contributed by atoms with van der Waals surface area (Å²) < 4.78 is 25.9. The van der Waals surface area contributed by atoms with Gasteiger partial charge in [0.15, 0.2) is 0 Å². The maximum absolute atomic E-state index is 13.3. The SMILES string of the molecule is CCC(CC(=O)O)Sc1ccc(F)cc1F. The summed E-state index contributed by atoms with van der Waals surface area (Å²) in [4.78, 5) is 10.8. The predicted molar refractivity (Wildman–Crippen MR) is 58.5 cm³/mol. The standard InChI is InChI=1S/C11H12F2O2S/c1-2-8(6-11(14)15)16-10-4-3-7(12)5-9(10)13/h3-5,8H,2,6H2,1H3,(H,14,15). The minimum Gasteiger partial charge on any atom is -0.481 e. The number of rotatable bonds is 5. The monoisotopic (exact) mass is 246 g/mol. The van der Waals surface area contributed by atoms with E-state index in [1.165, 1.54) is 12.1 Å². The smallest absolute Gasteiger partial charge is 0.304 e. The van der Waals surface area contributed by atoms with Crippen LogP contribution in [0.2, 0.25) is 0 Å². The maximum Gasteiger partial charge on any atom is 0.304 e. The highest BCUT2D eigenvalue weighted by atomic mass is 32.2. The van der Waals surface area contributed by atoms with E-state index in [1.54, 1.807) is 0 Å². The Kier molecular flexibility index (Phi) is 4.73.